The lowest BCUT2D eigenvalue weighted by molar-refractivity contribution is -0.122. The van der Waals surface area contributed by atoms with Crippen molar-refractivity contribution in [2.24, 2.45) is 0 Å². The molecule has 1 aliphatic rings. The average Bonchev–Trinajstić information content (AvgIpc) is 2.81. The Balaban J connectivity index is 1.81. The Morgan fingerprint density at radius 3 is 2.46 bits per heavy atom. The van der Waals surface area contributed by atoms with Crippen LogP contribution in [0.25, 0.3) is 0 Å². The molecule has 24 heavy (non-hydrogen) atoms. The topological polar surface area (TPSA) is 67.6 Å². The van der Waals surface area contributed by atoms with Crippen LogP contribution in [0, 0.1) is 13.8 Å². The molecule has 6 heteroatoms. The fourth-order valence-corrected chi connectivity index (χ4v) is 3.28. The van der Waals surface area contributed by atoms with E-state index in [4.69, 9.17) is 9.26 Å². The molecule has 0 unspecified atom stereocenters. The normalized spacial score (nSPS) is 22.6. The van der Waals surface area contributed by atoms with Crippen molar-refractivity contribution in [3.63, 3.8) is 0 Å². The zero-order valence-corrected chi connectivity index (χ0v) is 15.8. The summed E-state index contributed by atoms with van der Waals surface area (Å²) in [7, 11) is 0. The number of nitrogens with one attached hydrogen (secondary N) is 1. The van der Waals surface area contributed by atoms with E-state index in [1.54, 1.807) is 0 Å². The first kappa shape index (κ1) is 18.9. The maximum absolute atomic E-state index is 12.2. The molecule has 2 heterocycles. The number of aromatic nitrogens is 1. The Morgan fingerprint density at radius 2 is 1.92 bits per heavy atom. The molecule has 1 aromatic heterocycles. The maximum Gasteiger partial charge on any atom is 0.220 e. The van der Waals surface area contributed by atoms with Crippen LogP contribution in [0.3, 0.4) is 0 Å². The highest BCUT2D eigenvalue weighted by atomic mass is 16.5. The second-order valence-corrected chi connectivity index (χ2v) is 7.55. The first-order chi connectivity index (χ1) is 11.2. The highest BCUT2D eigenvalue weighted by Crippen LogP contribution is 2.21. The van der Waals surface area contributed by atoms with Crippen LogP contribution in [0.1, 0.15) is 51.1 Å². The number of morpholine rings is 1. The van der Waals surface area contributed by atoms with E-state index in [0.717, 1.165) is 30.1 Å². The molecule has 1 aromatic rings. The summed E-state index contributed by atoms with van der Waals surface area (Å²) >= 11 is 0. The van der Waals surface area contributed by atoms with Gasteiger partial charge in [0.1, 0.15) is 5.76 Å². The van der Waals surface area contributed by atoms with Crippen LogP contribution in [0.15, 0.2) is 4.52 Å². The van der Waals surface area contributed by atoms with E-state index in [2.05, 4.69) is 43.1 Å². The van der Waals surface area contributed by atoms with Gasteiger partial charge in [-0.25, -0.2) is 0 Å². The van der Waals surface area contributed by atoms with Gasteiger partial charge in [0, 0.05) is 37.2 Å². The lowest BCUT2D eigenvalue weighted by atomic mass is 10.00. The predicted octanol–water partition coefficient (Wildman–Crippen LogP) is 2.23. The van der Waals surface area contributed by atoms with Crippen LogP contribution in [0.2, 0.25) is 0 Å². The Kier molecular flexibility index (Phi) is 6.04. The van der Waals surface area contributed by atoms with Gasteiger partial charge in [0.15, 0.2) is 0 Å². The van der Waals surface area contributed by atoms with Crippen LogP contribution >= 0.6 is 0 Å². The van der Waals surface area contributed by atoms with Crippen molar-refractivity contribution in [3.05, 3.63) is 17.0 Å². The van der Waals surface area contributed by atoms with Gasteiger partial charge in [-0.3, -0.25) is 9.69 Å². The van der Waals surface area contributed by atoms with Gasteiger partial charge < -0.3 is 14.6 Å². The standard InChI is InChI=1S/C18H31N3O3/c1-12-9-21(10-13(2)23-12)18(5,6)11-19-17(22)8-7-16-14(3)20-24-15(16)4/h12-13H,7-11H2,1-6H3,(H,19,22)/t12-,13-/m0/s1. The minimum Gasteiger partial charge on any atom is -0.373 e. The van der Waals surface area contributed by atoms with Crippen molar-refractivity contribution in [1.82, 2.24) is 15.4 Å². The van der Waals surface area contributed by atoms with Gasteiger partial charge >= 0.3 is 0 Å². The van der Waals surface area contributed by atoms with E-state index in [1.807, 2.05) is 13.8 Å². The monoisotopic (exact) mass is 337 g/mol. The number of rotatable bonds is 6. The summed E-state index contributed by atoms with van der Waals surface area (Å²) in [4.78, 5) is 14.6. The quantitative estimate of drug-likeness (QED) is 0.862. The van der Waals surface area contributed by atoms with Crippen LogP contribution in [0.4, 0.5) is 0 Å². The summed E-state index contributed by atoms with van der Waals surface area (Å²) < 4.78 is 10.9. The molecular weight excluding hydrogens is 306 g/mol. The number of amides is 1. The second kappa shape index (κ2) is 7.66. The highest BCUT2D eigenvalue weighted by molar-refractivity contribution is 5.76. The largest absolute Gasteiger partial charge is 0.373 e. The lowest BCUT2D eigenvalue weighted by Gasteiger charge is -2.45. The molecule has 0 saturated carbocycles. The Labute approximate surface area is 144 Å². The van der Waals surface area contributed by atoms with Gasteiger partial charge in [-0.2, -0.15) is 0 Å². The third-order valence-corrected chi connectivity index (χ3v) is 4.78. The minimum absolute atomic E-state index is 0.0671. The van der Waals surface area contributed by atoms with Gasteiger partial charge in [0.2, 0.25) is 5.91 Å². The van der Waals surface area contributed by atoms with Crippen LogP contribution in [-0.2, 0) is 16.0 Å². The minimum atomic E-state index is -0.0923. The van der Waals surface area contributed by atoms with Crippen molar-refractivity contribution >= 4 is 5.91 Å². The Bertz CT molecular complexity index is 538. The van der Waals surface area contributed by atoms with Crippen molar-refractivity contribution in [1.29, 1.82) is 0 Å². The average molecular weight is 337 g/mol. The van der Waals surface area contributed by atoms with Gasteiger partial charge in [-0.1, -0.05) is 5.16 Å². The molecule has 0 radical (unpaired) electrons. The van der Waals surface area contributed by atoms with Gasteiger partial charge in [-0.15, -0.1) is 0 Å². The summed E-state index contributed by atoms with van der Waals surface area (Å²) in [6.07, 6.45) is 1.57. The zero-order valence-electron chi connectivity index (χ0n) is 15.8. The molecule has 0 aliphatic carbocycles. The van der Waals surface area contributed by atoms with Crippen LogP contribution in [-0.4, -0.2) is 53.3 Å². The van der Waals surface area contributed by atoms with Crippen molar-refractivity contribution in [2.75, 3.05) is 19.6 Å². The summed E-state index contributed by atoms with van der Waals surface area (Å²) in [5.41, 5.74) is 1.82. The summed E-state index contributed by atoms with van der Waals surface area (Å²) in [6.45, 7) is 14.8. The third kappa shape index (κ3) is 4.80. The second-order valence-electron chi connectivity index (χ2n) is 7.55. The molecule has 1 aliphatic heterocycles. The fourth-order valence-electron chi connectivity index (χ4n) is 3.28. The number of carbonyl (C=O) groups excluding carboxylic acids is 1. The number of carbonyl (C=O) groups is 1. The molecule has 2 atom stereocenters. The predicted molar refractivity (Wildman–Crippen MR) is 93.0 cm³/mol. The smallest absolute Gasteiger partial charge is 0.220 e. The van der Waals surface area contributed by atoms with Crippen LogP contribution < -0.4 is 5.32 Å². The maximum atomic E-state index is 12.2. The molecule has 1 fully saturated rings. The fraction of sp³-hybridized carbons (Fsp3) is 0.778. The first-order valence-electron chi connectivity index (χ1n) is 8.78. The lowest BCUT2D eigenvalue weighted by Crippen LogP contribution is -2.58. The van der Waals surface area contributed by atoms with Gasteiger partial charge in [0.05, 0.1) is 17.9 Å². The number of hydrogen-bond donors (Lipinski definition) is 1. The van der Waals surface area contributed by atoms with E-state index in [0.29, 0.717) is 19.4 Å². The van der Waals surface area contributed by atoms with E-state index in [-0.39, 0.29) is 23.7 Å². The molecule has 6 nitrogen and oxygen atoms in total. The number of hydrogen-bond acceptors (Lipinski definition) is 5. The molecule has 136 valence electrons. The molecule has 2 rings (SSSR count). The van der Waals surface area contributed by atoms with Gasteiger partial charge in [0.25, 0.3) is 0 Å². The molecule has 1 amide bonds. The van der Waals surface area contributed by atoms with E-state index in [1.165, 1.54) is 0 Å². The van der Waals surface area contributed by atoms with Crippen molar-refractivity contribution in [3.8, 4) is 0 Å². The third-order valence-electron chi connectivity index (χ3n) is 4.78. The molecule has 1 saturated heterocycles. The van der Waals surface area contributed by atoms with Gasteiger partial charge in [-0.05, 0) is 48.0 Å². The zero-order chi connectivity index (χ0) is 17.9. The molecule has 0 bridgehead atoms. The Morgan fingerprint density at radius 1 is 1.29 bits per heavy atom. The number of ether oxygens (including phenoxy) is 1. The number of aryl methyl sites for hydroxylation is 2. The van der Waals surface area contributed by atoms with Crippen LogP contribution in [0.5, 0.6) is 0 Å². The van der Waals surface area contributed by atoms with E-state index < -0.39 is 0 Å². The molecular formula is C18H31N3O3. The van der Waals surface area contributed by atoms with Crippen molar-refractivity contribution in [2.45, 2.75) is 72.1 Å². The molecule has 0 spiro atoms. The van der Waals surface area contributed by atoms with Crippen molar-refractivity contribution < 1.29 is 14.1 Å². The first-order valence-corrected chi connectivity index (χ1v) is 8.78. The van der Waals surface area contributed by atoms with E-state index in [9.17, 15) is 4.79 Å². The molecule has 0 aromatic carbocycles. The summed E-state index contributed by atoms with van der Waals surface area (Å²) in [6, 6.07) is 0. The summed E-state index contributed by atoms with van der Waals surface area (Å²) in [5.74, 6) is 0.870. The highest BCUT2D eigenvalue weighted by Gasteiger charge is 2.33. The Hall–Kier alpha value is -1.40. The summed E-state index contributed by atoms with van der Waals surface area (Å²) in [5, 5.41) is 7.01. The SMILES string of the molecule is Cc1noc(C)c1CCC(=O)NCC(C)(C)N1C[C@H](C)O[C@@H](C)C1. The molecule has 1 N–H and O–H groups in total. The van der Waals surface area contributed by atoms with E-state index >= 15 is 0 Å². The number of nitrogens with zero attached hydrogens (tertiary/aromatic N) is 2.